The highest BCUT2D eigenvalue weighted by Gasteiger charge is 2.08. The number of nitrogens with one attached hydrogen (secondary N) is 2. The van der Waals surface area contributed by atoms with Gasteiger partial charge in [0.05, 0.1) is 0 Å². The first kappa shape index (κ1) is 30.3. The lowest BCUT2D eigenvalue weighted by atomic mass is 10.00. The minimum Gasteiger partial charge on any atom is -0.322 e. The van der Waals surface area contributed by atoms with Crippen LogP contribution in [0, 0.1) is 13.8 Å². The second-order valence-corrected chi connectivity index (χ2v) is 11.3. The maximum atomic E-state index is 12.6. The minimum atomic E-state index is -0.170. The first-order chi connectivity index (χ1) is 20.1. The topological polar surface area (TPSA) is 58.2 Å². The minimum absolute atomic E-state index is 0.170. The van der Waals surface area contributed by atoms with Gasteiger partial charge in [0.1, 0.15) is 0 Å². The predicted molar refractivity (Wildman–Crippen MR) is 178 cm³/mol. The average Bonchev–Trinajstić information content (AvgIpc) is 2.97. The molecule has 4 rings (SSSR count). The smallest absolute Gasteiger partial charge is 0.248 e. The van der Waals surface area contributed by atoms with Gasteiger partial charge >= 0.3 is 0 Å². The number of anilines is 2. The van der Waals surface area contributed by atoms with E-state index in [2.05, 4.69) is 74.7 Å². The quantitative estimate of drug-likeness (QED) is 0.202. The molecule has 0 fully saturated rings. The average molecular weight is 557 g/mol. The monoisotopic (exact) mass is 556 g/mol. The highest BCUT2D eigenvalue weighted by atomic mass is 16.2. The fraction of sp³-hybridized carbons (Fsp3) is 0.211. The molecule has 0 atom stereocenters. The molecule has 0 radical (unpaired) electrons. The third-order valence-electron chi connectivity index (χ3n) is 7.36. The first-order valence-electron chi connectivity index (χ1n) is 14.5. The summed E-state index contributed by atoms with van der Waals surface area (Å²) in [7, 11) is 0. The zero-order valence-corrected chi connectivity index (χ0v) is 25.4. The second kappa shape index (κ2) is 13.8. The van der Waals surface area contributed by atoms with Gasteiger partial charge in [0, 0.05) is 23.5 Å². The molecule has 0 aliphatic rings. The van der Waals surface area contributed by atoms with Crippen molar-refractivity contribution in [3.63, 3.8) is 0 Å². The molecule has 4 nitrogen and oxygen atoms in total. The largest absolute Gasteiger partial charge is 0.322 e. The van der Waals surface area contributed by atoms with Crippen LogP contribution in [0.3, 0.4) is 0 Å². The number of carbonyl (C=O) groups excluding carboxylic acids is 2. The van der Waals surface area contributed by atoms with Crippen LogP contribution in [0.25, 0.3) is 23.3 Å². The van der Waals surface area contributed by atoms with Gasteiger partial charge in [-0.05, 0) is 107 Å². The third kappa shape index (κ3) is 8.17. The summed E-state index contributed by atoms with van der Waals surface area (Å²) in [5, 5.41) is 5.96. The Kier molecular flexibility index (Phi) is 9.93. The van der Waals surface area contributed by atoms with Crippen molar-refractivity contribution in [1.29, 1.82) is 0 Å². The van der Waals surface area contributed by atoms with Crippen LogP contribution in [0.15, 0.2) is 97.1 Å². The van der Waals surface area contributed by atoms with Crippen molar-refractivity contribution in [2.45, 2.75) is 53.4 Å². The van der Waals surface area contributed by atoms with Gasteiger partial charge in [0.15, 0.2) is 0 Å². The summed E-state index contributed by atoms with van der Waals surface area (Å²) in [4.78, 5) is 25.1. The van der Waals surface area contributed by atoms with Gasteiger partial charge in [-0.2, -0.15) is 0 Å². The van der Waals surface area contributed by atoms with Gasteiger partial charge in [-0.15, -0.1) is 0 Å². The summed E-state index contributed by atoms with van der Waals surface area (Å²) < 4.78 is 0. The summed E-state index contributed by atoms with van der Waals surface area (Å²) >= 11 is 0. The molecule has 0 spiro atoms. The maximum absolute atomic E-state index is 12.6. The van der Waals surface area contributed by atoms with Crippen LogP contribution in [0.1, 0.15) is 72.9 Å². The Morgan fingerprint density at radius 3 is 1.21 bits per heavy atom. The SMILES string of the molecule is Cc1cc(-c2ccc(NC(=O)C=Cc3ccc(C(C)C)cc3)c(C)c2)ccc1NC(=O)C=Cc1ccc(C(C)C)cc1. The molecule has 0 saturated heterocycles. The second-order valence-electron chi connectivity index (χ2n) is 11.3. The van der Waals surface area contributed by atoms with Crippen LogP contribution in [-0.4, -0.2) is 11.8 Å². The van der Waals surface area contributed by atoms with Crippen LogP contribution in [0.2, 0.25) is 0 Å². The van der Waals surface area contributed by atoms with Crippen LogP contribution in [0.5, 0.6) is 0 Å². The molecule has 42 heavy (non-hydrogen) atoms. The van der Waals surface area contributed by atoms with Crippen LogP contribution in [0.4, 0.5) is 11.4 Å². The molecule has 2 N–H and O–H groups in total. The molecule has 0 unspecified atom stereocenters. The normalized spacial score (nSPS) is 11.5. The third-order valence-corrected chi connectivity index (χ3v) is 7.36. The Labute approximate surface area is 250 Å². The Morgan fingerprint density at radius 2 is 0.905 bits per heavy atom. The molecule has 0 bridgehead atoms. The number of carbonyl (C=O) groups is 2. The van der Waals surface area contributed by atoms with Crippen LogP contribution >= 0.6 is 0 Å². The summed E-state index contributed by atoms with van der Waals surface area (Å²) in [6.07, 6.45) is 6.77. The lowest BCUT2D eigenvalue weighted by molar-refractivity contribution is -0.112. The fourth-order valence-corrected chi connectivity index (χ4v) is 4.64. The zero-order valence-electron chi connectivity index (χ0n) is 25.4. The van der Waals surface area contributed by atoms with E-state index in [0.717, 1.165) is 44.8 Å². The van der Waals surface area contributed by atoms with Crippen molar-refractivity contribution in [1.82, 2.24) is 0 Å². The molecular formula is C38H40N2O2. The predicted octanol–water partition coefficient (Wildman–Crippen LogP) is 9.52. The van der Waals surface area contributed by atoms with E-state index in [1.54, 1.807) is 12.2 Å². The van der Waals surface area contributed by atoms with Gasteiger partial charge in [0.2, 0.25) is 11.8 Å². The molecule has 0 saturated carbocycles. The van der Waals surface area contributed by atoms with E-state index in [-0.39, 0.29) is 11.8 Å². The summed E-state index contributed by atoms with van der Waals surface area (Å²) in [6.45, 7) is 12.6. The fourth-order valence-electron chi connectivity index (χ4n) is 4.64. The molecule has 214 valence electrons. The molecule has 2 amide bonds. The van der Waals surface area contributed by atoms with Crippen molar-refractivity contribution < 1.29 is 9.59 Å². The Hall–Kier alpha value is -4.70. The van der Waals surface area contributed by atoms with E-state index in [9.17, 15) is 9.59 Å². The van der Waals surface area contributed by atoms with Crippen molar-refractivity contribution in [3.05, 3.63) is 130 Å². The number of hydrogen-bond donors (Lipinski definition) is 2. The van der Waals surface area contributed by atoms with E-state index in [1.807, 2.05) is 74.5 Å². The first-order valence-corrected chi connectivity index (χ1v) is 14.5. The Balaban J connectivity index is 1.36. The Morgan fingerprint density at radius 1 is 0.548 bits per heavy atom. The molecule has 0 aliphatic heterocycles. The Bertz CT molecular complexity index is 1490. The molecule has 4 aromatic rings. The molecule has 0 aliphatic carbocycles. The zero-order chi connectivity index (χ0) is 30.2. The van der Waals surface area contributed by atoms with E-state index in [1.165, 1.54) is 11.1 Å². The van der Waals surface area contributed by atoms with E-state index in [4.69, 9.17) is 0 Å². The molecule has 0 heterocycles. The van der Waals surface area contributed by atoms with Gasteiger partial charge < -0.3 is 10.6 Å². The van der Waals surface area contributed by atoms with E-state index in [0.29, 0.717) is 11.8 Å². The van der Waals surface area contributed by atoms with Gasteiger partial charge in [-0.1, -0.05) is 88.4 Å². The number of hydrogen-bond acceptors (Lipinski definition) is 2. The van der Waals surface area contributed by atoms with E-state index < -0.39 is 0 Å². The van der Waals surface area contributed by atoms with Gasteiger partial charge in [0.25, 0.3) is 0 Å². The number of amides is 2. The summed E-state index contributed by atoms with van der Waals surface area (Å²) in [5.41, 5.74) is 10.1. The maximum Gasteiger partial charge on any atom is 0.248 e. The van der Waals surface area contributed by atoms with Crippen LogP contribution < -0.4 is 10.6 Å². The number of aryl methyl sites for hydroxylation is 2. The molecule has 0 aromatic heterocycles. The molecular weight excluding hydrogens is 516 g/mol. The standard InChI is InChI=1S/C38H40N2O2/c1-25(2)31-13-7-29(8-14-31)11-21-37(41)39-35-19-17-33(23-27(35)5)34-18-20-36(28(6)24-34)40-38(42)22-12-30-9-15-32(16-10-30)26(3)4/h7-26H,1-6H3,(H,39,41)(H,40,42). The number of benzene rings is 4. The van der Waals surface area contributed by atoms with Crippen LogP contribution in [-0.2, 0) is 9.59 Å². The van der Waals surface area contributed by atoms with Crippen molar-refractivity contribution in [3.8, 4) is 11.1 Å². The van der Waals surface area contributed by atoms with E-state index >= 15 is 0 Å². The van der Waals surface area contributed by atoms with Gasteiger partial charge in [-0.3, -0.25) is 9.59 Å². The molecule has 4 heteroatoms. The van der Waals surface area contributed by atoms with Crippen molar-refractivity contribution in [2.75, 3.05) is 10.6 Å². The lowest BCUT2D eigenvalue weighted by Gasteiger charge is -2.12. The molecule has 4 aromatic carbocycles. The van der Waals surface area contributed by atoms with Crippen molar-refractivity contribution >= 4 is 35.3 Å². The van der Waals surface area contributed by atoms with Crippen molar-refractivity contribution in [2.24, 2.45) is 0 Å². The highest BCUT2D eigenvalue weighted by molar-refractivity contribution is 6.03. The summed E-state index contributed by atoms with van der Waals surface area (Å²) in [6, 6.07) is 28.5. The summed E-state index contributed by atoms with van der Waals surface area (Å²) in [5.74, 6) is 0.616. The highest BCUT2D eigenvalue weighted by Crippen LogP contribution is 2.28. The lowest BCUT2D eigenvalue weighted by Crippen LogP contribution is -2.09. The number of rotatable bonds is 9. The van der Waals surface area contributed by atoms with Gasteiger partial charge in [-0.25, -0.2) is 0 Å².